The Bertz CT molecular complexity index is 843. The molecule has 1 N–H and O–H groups in total. The summed E-state index contributed by atoms with van der Waals surface area (Å²) in [5, 5.41) is 3.39. The van der Waals surface area contributed by atoms with Crippen molar-refractivity contribution < 1.29 is 4.79 Å². The van der Waals surface area contributed by atoms with Crippen LogP contribution in [0.15, 0.2) is 33.7 Å². The van der Waals surface area contributed by atoms with Crippen LogP contribution in [0.4, 0.5) is 11.4 Å². The second kappa shape index (κ2) is 5.52. The van der Waals surface area contributed by atoms with E-state index in [1.807, 2.05) is 39.0 Å². The monoisotopic (exact) mass is 376 g/mol. The number of carbonyl (C=O) groups is 1. The molecule has 0 unspecified atom stereocenters. The summed E-state index contributed by atoms with van der Waals surface area (Å²) in [4.78, 5) is 16.9. The van der Waals surface area contributed by atoms with Crippen LogP contribution in [0.1, 0.15) is 22.3 Å². The molecule has 3 rings (SSSR count). The average molecular weight is 378 g/mol. The first-order valence-corrected chi connectivity index (χ1v) is 8.02. The van der Waals surface area contributed by atoms with E-state index >= 15 is 0 Å². The Hall–Kier alpha value is -1.65. The van der Waals surface area contributed by atoms with E-state index in [0.717, 1.165) is 32.5 Å². The molecule has 2 aromatic rings. The van der Waals surface area contributed by atoms with Crippen LogP contribution < -0.4 is 5.32 Å². The molecule has 0 radical (unpaired) electrons. The first kappa shape index (κ1) is 15.3. The number of halogens is 2. The van der Waals surface area contributed by atoms with Gasteiger partial charge in [0.05, 0.1) is 16.4 Å². The minimum Gasteiger partial charge on any atom is -0.320 e. The summed E-state index contributed by atoms with van der Waals surface area (Å²) in [5.74, 6) is -0.217. The van der Waals surface area contributed by atoms with E-state index < -0.39 is 0 Å². The summed E-state index contributed by atoms with van der Waals surface area (Å²) in [6.07, 6.45) is 0. The zero-order valence-corrected chi connectivity index (χ0v) is 14.8. The van der Waals surface area contributed by atoms with Crippen LogP contribution in [0.3, 0.4) is 0 Å². The van der Waals surface area contributed by atoms with Crippen LogP contribution in [0.25, 0.3) is 0 Å². The topological polar surface area (TPSA) is 41.5 Å². The molecule has 0 aromatic heterocycles. The number of benzene rings is 2. The van der Waals surface area contributed by atoms with Gasteiger partial charge in [-0.05, 0) is 55.7 Å². The minimum absolute atomic E-state index is 0.217. The van der Waals surface area contributed by atoms with Crippen molar-refractivity contribution in [3.63, 3.8) is 0 Å². The molecule has 1 aliphatic heterocycles. The number of amides is 1. The predicted molar refractivity (Wildman–Crippen MR) is 94.6 cm³/mol. The zero-order chi connectivity index (χ0) is 16.0. The van der Waals surface area contributed by atoms with Gasteiger partial charge in [0.2, 0.25) is 0 Å². The van der Waals surface area contributed by atoms with Gasteiger partial charge in [-0.1, -0.05) is 33.6 Å². The SMILES string of the molecule is Cc1cc(N=C2C(=O)Nc3c(C)ccc(Cl)c32)c(C)cc1Br. The maximum Gasteiger partial charge on any atom is 0.275 e. The average Bonchev–Trinajstić information content (AvgIpc) is 2.79. The van der Waals surface area contributed by atoms with E-state index in [-0.39, 0.29) is 5.91 Å². The Morgan fingerprint density at radius 3 is 2.55 bits per heavy atom. The quantitative estimate of drug-likeness (QED) is 0.738. The molecule has 0 bridgehead atoms. The van der Waals surface area contributed by atoms with Crippen LogP contribution in [-0.2, 0) is 4.79 Å². The Kier molecular flexibility index (Phi) is 3.83. The zero-order valence-electron chi connectivity index (χ0n) is 12.4. The van der Waals surface area contributed by atoms with E-state index in [4.69, 9.17) is 11.6 Å². The number of carbonyl (C=O) groups excluding carboxylic acids is 1. The molecule has 2 aromatic carbocycles. The molecule has 1 amide bonds. The van der Waals surface area contributed by atoms with Crippen LogP contribution in [-0.4, -0.2) is 11.6 Å². The second-order valence-electron chi connectivity index (χ2n) is 5.42. The maximum absolute atomic E-state index is 12.3. The summed E-state index contributed by atoms with van der Waals surface area (Å²) in [6.45, 7) is 5.90. The van der Waals surface area contributed by atoms with Gasteiger partial charge in [0.25, 0.3) is 5.91 Å². The fourth-order valence-corrected chi connectivity index (χ4v) is 3.18. The number of aliphatic imine (C=N–C) groups is 1. The molecule has 0 aliphatic carbocycles. The molecule has 3 nitrogen and oxygen atoms in total. The van der Waals surface area contributed by atoms with E-state index in [0.29, 0.717) is 16.3 Å². The predicted octanol–water partition coefficient (Wildman–Crippen LogP) is 5.10. The molecule has 5 heteroatoms. The number of hydrogen-bond acceptors (Lipinski definition) is 2. The Labute approximate surface area is 142 Å². The van der Waals surface area contributed by atoms with Crippen molar-refractivity contribution in [3.8, 4) is 0 Å². The van der Waals surface area contributed by atoms with Gasteiger partial charge in [0.1, 0.15) is 5.71 Å². The van der Waals surface area contributed by atoms with Gasteiger partial charge >= 0.3 is 0 Å². The number of nitrogens with zero attached hydrogens (tertiary/aromatic N) is 1. The number of hydrogen-bond donors (Lipinski definition) is 1. The largest absolute Gasteiger partial charge is 0.320 e. The summed E-state index contributed by atoms with van der Waals surface area (Å²) >= 11 is 9.79. The van der Waals surface area contributed by atoms with Gasteiger partial charge in [-0.15, -0.1) is 0 Å². The third-order valence-electron chi connectivity index (χ3n) is 3.76. The van der Waals surface area contributed by atoms with Crippen LogP contribution >= 0.6 is 27.5 Å². The van der Waals surface area contributed by atoms with Crippen molar-refractivity contribution in [3.05, 3.63) is 56.0 Å². The smallest absolute Gasteiger partial charge is 0.275 e. The van der Waals surface area contributed by atoms with Gasteiger partial charge in [-0.2, -0.15) is 0 Å². The van der Waals surface area contributed by atoms with Gasteiger partial charge in [-0.3, -0.25) is 4.79 Å². The lowest BCUT2D eigenvalue weighted by molar-refractivity contribution is -0.110. The highest BCUT2D eigenvalue weighted by atomic mass is 79.9. The second-order valence-corrected chi connectivity index (χ2v) is 6.68. The molecule has 0 atom stereocenters. The summed E-state index contributed by atoms with van der Waals surface area (Å²) < 4.78 is 1.03. The third-order valence-corrected chi connectivity index (χ3v) is 4.93. The number of nitrogens with one attached hydrogen (secondary N) is 1. The lowest BCUT2D eigenvalue weighted by atomic mass is 10.1. The molecule has 22 heavy (non-hydrogen) atoms. The molecule has 0 spiro atoms. The third kappa shape index (κ3) is 2.46. The van der Waals surface area contributed by atoms with Gasteiger partial charge in [0, 0.05) is 10.0 Å². The van der Waals surface area contributed by atoms with Crippen molar-refractivity contribution in [2.24, 2.45) is 4.99 Å². The first-order valence-electron chi connectivity index (χ1n) is 6.84. The number of fused-ring (bicyclic) bond motifs is 1. The molecule has 0 fully saturated rings. The van der Waals surface area contributed by atoms with Crippen molar-refractivity contribution in [2.45, 2.75) is 20.8 Å². The lowest BCUT2D eigenvalue weighted by Crippen LogP contribution is -2.14. The molecule has 1 aliphatic rings. The van der Waals surface area contributed by atoms with Crippen molar-refractivity contribution >= 4 is 50.5 Å². The Balaban J connectivity index is 2.21. The normalized spacial score (nSPS) is 15.1. The van der Waals surface area contributed by atoms with Gasteiger partial charge in [-0.25, -0.2) is 4.99 Å². The highest BCUT2D eigenvalue weighted by Crippen LogP contribution is 2.35. The van der Waals surface area contributed by atoms with E-state index in [1.54, 1.807) is 6.07 Å². The van der Waals surface area contributed by atoms with Gasteiger partial charge < -0.3 is 5.32 Å². The number of anilines is 1. The van der Waals surface area contributed by atoms with Crippen LogP contribution in [0, 0.1) is 20.8 Å². The van der Waals surface area contributed by atoms with Crippen molar-refractivity contribution in [2.75, 3.05) is 5.32 Å². The minimum atomic E-state index is -0.217. The first-order chi connectivity index (χ1) is 10.4. The molecule has 0 saturated carbocycles. The fourth-order valence-electron chi connectivity index (χ4n) is 2.47. The summed E-state index contributed by atoms with van der Waals surface area (Å²) in [7, 11) is 0. The van der Waals surface area contributed by atoms with Crippen molar-refractivity contribution in [1.29, 1.82) is 0 Å². The molecular formula is C17H14BrClN2O. The maximum atomic E-state index is 12.3. The Morgan fingerprint density at radius 1 is 1.09 bits per heavy atom. The molecule has 0 saturated heterocycles. The standard InChI is InChI=1S/C17H14BrClN2O/c1-8-4-5-12(19)14-15(8)21-17(22)16(14)20-13-7-9(2)11(18)6-10(13)3/h4-7H,1-3H3,(H,20,21,22). The van der Waals surface area contributed by atoms with Crippen molar-refractivity contribution in [1.82, 2.24) is 0 Å². The van der Waals surface area contributed by atoms with E-state index in [9.17, 15) is 4.79 Å². The highest BCUT2D eigenvalue weighted by molar-refractivity contribution is 9.10. The highest BCUT2D eigenvalue weighted by Gasteiger charge is 2.29. The molecule has 112 valence electrons. The van der Waals surface area contributed by atoms with E-state index in [1.165, 1.54) is 0 Å². The fraction of sp³-hybridized carbons (Fsp3) is 0.176. The van der Waals surface area contributed by atoms with Gasteiger partial charge in [0.15, 0.2) is 0 Å². The molecule has 1 heterocycles. The Morgan fingerprint density at radius 2 is 1.82 bits per heavy atom. The van der Waals surface area contributed by atoms with Crippen LogP contribution in [0.2, 0.25) is 5.02 Å². The summed E-state index contributed by atoms with van der Waals surface area (Å²) in [6, 6.07) is 7.65. The van der Waals surface area contributed by atoms with Crippen LogP contribution in [0.5, 0.6) is 0 Å². The lowest BCUT2D eigenvalue weighted by Gasteiger charge is -2.07. The molecular weight excluding hydrogens is 364 g/mol. The number of rotatable bonds is 1. The number of aryl methyl sites for hydroxylation is 3. The van der Waals surface area contributed by atoms with E-state index in [2.05, 4.69) is 26.2 Å². The summed E-state index contributed by atoms with van der Waals surface area (Å²) in [5.41, 5.74) is 5.62.